The van der Waals surface area contributed by atoms with E-state index in [1.165, 1.54) is 12.8 Å². The van der Waals surface area contributed by atoms with Crippen molar-refractivity contribution < 1.29 is 14.0 Å². The van der Waals surface area contributed by atoms with Crippen LogP contribution in [0.5, 0.6) is 0 Å². The van der Waals surface area contributed by atoms with E-state index in [4.69, 9.17) is 4.42 Å². The number of nitrogens with zero attached hydrogens (tertiary/aromatic N) is 1. The van der Waals surface area contributed by atoms with Crippen LogP contribution in [-0.4, -0.2) is 41.8 Å². The van der Waals surface area contributed by atoms with Crippen molar-refractivity contribution >= 4 is 24.1 Å². The summed E-state index contributed by atoms with van der Waals surface area (Å²) in [4.78, 5) is 26.1. The molecule has 3 heterocycles. The number of carbonyl (C=O) groups excluding carboxylic acids is 2. The standard InChI is InChI=1S/C21H24N2O3.ClH/c1-13(24)14-3-5-15(6-4-14)19-9-10-20(26-19)21(25)23(2)18-11-16-7-8-17(12-18)22-16;/h3-6,9-10,16-18,22H,7-8,11-12H2,1-2H3;1H. The van der Waals surface area contributed by atoms with Crippen LogP contribution in [0.15, 0.2) is 40.8 Å². The summed E-state index contributed by atoms with van der Waals surface area (Å²) in [7, 11) is 1.88. The molecular formula is C21H25ClN2O3. The molecular weight excluding hydrogens is 364 g/mol. The lowest BCUT2D eigenvalue weighted by Crippen LogP contribution is -2.48. The Balaban J connectivity index is 0.00000210. The lowest BCUT2D eigenvalue weighted by Gasteiger charge is -2.35. The highest BCUT2D eigenvalue weighted by Gasteiger charge is 2.37. The van der Waals surface area contributed by atoms with E-state index in [9.17, 15) is 9.59 Å². The van der Waals surface area contributed by atoms with Crippen molar-refractivity contribution in [3.05, 3.63) is 47.7 Å². The molecule has 1 N–H and O–H groups in total. The minimum absolute atomic E-state index is 0. The molecule has 2 unspecified atom stereocenters. The quantitative estimate of drug-likeness (QED) is 0.806. The van der Waals surface area contributed by atoms with Crippen LogP contribution in [-0.2, 0) is 0 Å². The lowest BCUT2D eigenvalue weighted by molar-refractivity contribution is 0.0650. The number of benzene rings is 1. The van der Waals surface area contributed by atoms with Crippen molar-refractivity contribution in [1.29, 1.82) is 0 Å². The summed E-state index contributed by atoms with van der Waals surface area (Å²) in [5, 5.41) is 3.61. The van der Waals surface area contributed by atoms with Gasteiger partial charge in [0.25, 0.3) is 5.91 Å². The summed E-state index contributed by atoms with van der Waals surface area (Å²) < 4.78 is 5.82. The molecule has 2 aromatic rings. The van der Waals surface area contributed by atoms with E-state index < -0.39 is 0 Å². The van der Waals surface area contributed by atoms with Crippen LogP contribution < -0.4 is 5.32 Å². The first-order valence-electron chi connectivity index (χ1n) is 9.25. The second-order valence-corrected chi connectivity index (χ2v) is 7.48. The predicted molar refractivity (Wildman–Crippen MR) is 106 cm³/mol. The Bertz CT molecular complexity index is 818. The average Bonchev–Trinajstić information content (AvgIpc) is 3.27. The van der Waals surface area contributed by atoms with E-state index in [1.807, 2.05) is 30.1 Å². The SMILES string of the molecule is CC(=O)c1ccc(-c2ccc(C(=O)N(C)C3CC4CCC(C3)N4)o2)cc1.Cl. The third-order valence-corrected chi connectivity index (χ3v) is 5.71. The van der Waals surface area contributed by atoms with Crippen LogP contribution in [0.4, 0.5) is 0 Å². The van der Waals surface area contributed by atoms with Crippen LogP contribution in [0.25, 0.3) is 11.3 Å². The molecule has 2 fully saturated rings. The molecule has 2 atom stereocenters. The Kier molecular flexibility index (Phi) is 5.72. The Morgan fingerprint density at radius 3 is 2.26 bits per heavy atom. The highest BCUT2D eigenvalue weighted by molar-refractivity contribution is 5.94. The molecule has 0 aliphatic carbocycles. The molecule has 5 nitrogen and oxygen atoms in total. The van der Waals surface area contributed by atoms with Crippen LogP contribution in [0.1, 0.15) is 53.5 Å². The van der Waals surface area contributed by atoms with Gasteiger partial charge < -0.3 is 14.6 Å². The summed E-state index contributed by atoms with van der Waals surface area (Å²) >= 11 is 0. The molecule has 2 saturated heterocycles. The first kappa shape index (κ1) is 19.6. The van der Waals surface area contributed by atoms with E-state index in [-0.39, 0.29) is 30.1 Å². The Morgan fingerprint density at radius 1 is 1.04 bits per heavy atom. The third-order valence-electron chi connectivity index (χ3n) is 5.71. The molecule has 2 aliphatic heterocycles. The molecule has 0 spiro atoms. The van der Waals surface area contributed by atoms with Gasteiger partial charge in [-0.3, -0.25) is 9.59 Å². The third kappa shape index (κ3) is 3.94. The Hall–Kier alpha value is -2.11. The second kappa shape index (κ2) is 7.87. The fourth-order valence-electron chi connectivity index (χ4n) is 4.16. The number of Topliss-reactive ketones (excluding diaryl/α,β-unsaturated/α-hetero) is 1. The molecule has 144 valence electrons. The van der Waals surface area contributed by atoms with Gasteiger partial charge in [-0.2, -0.15) is 0 Å². The Morgan fingerprint density at radius 2 is 1.67 bits per heavy atom. The summed E-state index contributed by atoms with van der Waals surface area (Å²) in [5.74, 6) is 0.971. The van der Waals surface area contributed by atoms with E-state index in [1.54, 1.807) is 25.1 Å². The number of carbonyl (C=O) groups is 2. The van der Waals surface area contributed by atoms with Crippen LogP contribution >= 0.6 is 12.4 Å². The van der Waals surface area contributed by atoms with E-state index in [0.29, 0.717) is 29.2 Å². The summed E-state index contributed by atoms with van der Waals surface area (Å²) in [6, 6.07) is 12.2. The van der Waals surface area contributed by atoms with E-state index in [2.05, 4.69) is 5.32 Å². The average molecular weight is 389 g/mol. The largest absolute Gasteiger partial charge is 0.451 e. The number of nitrogens with one attached hydrogen (secondary N) is 1. The normalized spacial score (nSPS) is 23.6. The van der Waals surface area contributed by atoms with Gasteiger partial charge >= 0.3 is 0 Å². The summed E-state index contributed by atoms with van der Waals surface area (Å²) in [6.07, 6.45) is 4.45. The highest BCUT2D eigenvalue weighted by Crippen LogP contribution is 2.30. The Labute approximate surface area is 165 Å². The molecule has 0 radical (unpaired) electrons. The molecule has 6 heteroatoms. The molecule has 1 aromatic carbocycles. The lowest BCUT2D eigenvalue weighted by atomic mass is 9.98. The number of hydrogen-bond acceptors (Lipinski definition) is 4. The van der Waals surface area contributed by atoms with Gasteiger partial charge in [0.15, 0.2) is 11.5 Å². The molecule has 4 rings (SSSR count). The van der Waals surface area contributed by atoms with Gasteiger partial charge in [-0.25, -0.2) is 0 Å². The molecule has 0 saturated carbocycles. The minimum atomic E-state index is -0.0668. The van der Waals surface area contributed by atoms with Gasteiger partial charge in [0.2, 0.25) is 0 Å². The number of furan rings is 1. The van der Waals surface area contributed by atoms with Gasteiger partial charge in [-0.05, 0) is 44.7 Å². The number of ketones is 1. The van der Waals surface area contributed by atoms with Crippen molar-refractivity contribution in [2.45, 2.75) is 50.7 Å². The zero-order valence-corrected chi connectivity index (χ0v) is 16.4. The molecule has 1 amide bonds. The maximum atomic E-state index is 12.8. The van der Waals surface area contributed by atoms with Crippen molar-refractivity contribution in [3.8, 4) is 11.3 Å². The molecule has 2 bridgehead atoms. The number of fused-ring (bicyclic) bond motifs is 2. The minimum Gasteiger partial charge on any atom is -0.451 e. The summed E-state index contributed by atoms with van der Waals surface area (Å²) in [6.45, 7) is 1.54. The van der Waals surface area contributed by atoms with Crippen molar-refractivity contribution in [3.63, 3.8) is 0 Å². The number of halogens is 1. The van der Waals surface area contributed by atoms with Crippen LogP contribution in [0.2, 0.25) is 0 Å². The molecule has 2 aliphatic rings. The topological polar surface area (TPSA) is 62.6 Å². The summed E-state index contributed by atoms with van der Waals surface area (Å²) in [5.41, 5.74) is 1.52. The molecule has 1 aromatic heterocycles. The van der Waals surface area contributed by atoms with Gasteiger partial charge in [-0.1, -0.05) is 24.3 Å². The maximum Gasteiger partial charge on any atom is 0.289 e. The highest BCUT2D eigenvalue weighted by atomic mass is 35.5. The van der Waals surface area contributed by atoms with E-state index >= 15 is 0 Å². The predicted octanol–water partition coefficient (Wildman–Crippen LogP) is 3.93. The number of piperidine rings is 1. The van der Waals surface area contributed by atoms with Gasteiger partial charge in [-0.15, -0.1) is 12.4 Å². The van der Waals surface area contributed by atoms with Crippen molar-refractivity contribution in [1.82, 2.24) is 10.2 Å². The molecule has 27 heavy (non-hydrogen) atoms. The fourth-order valence-corrected chi connectivity index (χ4v) is 4.16. The van der Waals surface area contributed by atoms with Crippen molar-refractivity contribution in [2.75, 3.05) is 7.05 Å². The van der Waals surface area contributed by atoms with Gasteiger partial charge in [0.05, 0.1) is 0 Å². The number of rotatable bonds is 4. The van der Waals surface area contributed by atoms with Crippen LogP contribution in [0, 0.1) is 0 Å². The smallest absolute Gasteiger partial charge is 0.289 e. The number of hydrogen-bond donors (Lipinski definition) is 1. The van der Waals surface area contributed by atoms with E-state index in [0.717, 1.165) is 18.4 Å². The van der Waals surface area contributed by atoms with Gasteiger partial charge in [0, 0.05) is 36.3 Å². The maximum absolute atomic E-state index is 12.8. The second-order valence-electron chi connectivity index (χ2n) is 7.48. The monoisotopic (exact) mass is 388 g/mol. The van der Waals surface area contributed by atoms with Crippen molar-refractivity contribution in [2.24, 2.45) is 0 Å². The first-order valence-corrected chi connectivity index (χ1v) is 9.25. The van der Waals surface area contributed by atoms with Crippen LogP contribution in [0.3, 0.4) is 0 Å². The number of amides is 1. The first-order chi connectivity index (χ1) is 12.5. The zero-order chi connectivity index (χ0) is 18.3. The van der Waals surface area contributed by atoms with Gasteiger partial charge in [0.1, 0.15) is 5.76 Å². The zero-order valence-electron chi connectivity index (χ0n) is 15.6. The fraction of sp³-hybridized carbons (Fsp3) is 0.429.